The molecule has 1 aromatic heterocycles. The average Bonchev–Trinajstić information content (AvgIpc) is 3.33. The zero-order valence-electron chi connectivity index (χ0n) is 18.6. The maximum atomic E-state index is 12.7. The van der Waals surface area contributed by atoms with Gasteiger partial charge in [-0.1, -0.05) is 43.2 Å². The van der Waals surface area contributed by atoms with Crippen LogP contribution in [0.1, 0.15) is 60.9 Å². The standard InChI is InChI=1S/C26H36N4O/c31-26(24-20-27-15-12-25(24)29-23-8-4-5-9-23)28-16-19-30-17-13-22(14-18-30)11-10-21-6-2-1-3-7-21/h1-3,6-7,12,15,20,22-23H,4-5,8-11,13-14,16-19H2,(H,27,29)(H,28,31). The molecule has 2 aromatic rings. The monoisotopic (exact) mass is 420 g/mol. The molecule has 1 saturated heterocycles. The molecule has 2 aliphatic rings. The van der Waals surface area contributed by atoms with Crippen molar-refractivity contribution in [1.82, 2.24) is 15.2 Å². The number of likely N-dealkylation sites (tertiary alicyclic amines) is 1. The van der Waals surface area contributed by atoms with E-state index < -0.39 is 0 Å². The van der Waals surface area contributed by atoms with Crippen LogP contribution < -0.4 is 10.6 Å². The van der Waals surface area contributed by atoms with Crippen LogP contribution in [-0.2, 0) is 6.42 Å². The third-order valence-corrected chi connectivity index (χ3v) is 6.89. The van der Waals surface area contributed by atoms with E-state index >= 15 is 0 Å². The van der Waals surface area contributed by atoms with Gasteiger partial charge in [0.15, 0.2) is 0 Å². The lowest BCUT2D eigenvalue weighted by Gasteiger charge is -2.32. The van der Waals surface area contributed by atoms with E-state index in [9.17, 15) is 4.79 Å². The molecule has 0 bridgehead atoms. The van der Waals surface area contributed by atoms with Crippen molar-refractivity contribution in [2.24, 2.45) is 5.92 Å². The van der Waals surface area contributed by atoms with Gasteiger partial charge in [0, 0.05) is 31.5 Å². The fraction of sp³-hybridized carbons (Fsp3) is 0.538. The molecule has 5 nitrogen and oxygen atoms in total. The van der Waals surface area contributed by atoms with Crippen LogP contribution in [0.5, 0.6) is 0 Å². The molecule has 0 spiro atoms. The Morgan fingerprint density at radius 2 is 1.81 bits per heavy atom. The molecule has 0 radical (unpaired) electrons. The van der Waals surface area contributed by atoms with Gasteiger partial charge >= 0.3 is 0 Å². The number of rotatable bonds is 9. The van der Waals surface area contributed by atoms with Crippen LogP contribution in [-0.4, -0.2) is 48.0 Å². The van der Waals surface area contributed by atoms with Crippen LogP contribution in [0.3, 0.4) is 0 Å². The summed E-state index contributed by atoms with van der Waals surface area (Å²) in [6.07, 6.45) is 13.4. The lowest BCUT2D eigenvalue weighted by molar-refractivity contribution is 0.0944. The smallest absolute Gasteiger partial charge is 0.254 e. The summed E-state index contributed by atoms with van der Waals surface area (Å²) < 4.78 is 0. The molecule has 1 saturated carbocycles. The Hall–Kier alpha value is -2.40. The van der Waals surface area contributed by atoms with E-state index in [1.807, 2.05) is 6.07 Å². The lowest BCUT2D eigenvalue weighted by Crippen LogP contribution is -2.39. The van der Waals surface area contributed by atoms with Crippen molar-refractivity contribution in [3.05, 3.63) is 59.9 Å². The van der Waals surface area contributed by atoms with Crippen LogP contribution in [0.4, 0.5) is 5.69 Å². The molecular formula is C26H36N4O. The minimum atomic E-state index is -0.0219. The highest BCUT2D eigenvalue weighted by molar-refractivity contribution is 5.99. The first-order valence-electron chi connectivity index (χ1n) is 12.0. The van der Waals surface area contributed by atoms with Gasteiger partial charge in [0.25, 0.3) is 5.91 Å². The quantitative estimate of drug-likeness (QED) is 0.627. The molecule has 0 unspecified atom stereocenters. The van der Waals surface area contributed by atoms with E-state index in [0.717, 1.165) is 31.2 Å². The number of carbonyl (C=O) groups excluding carboxylic acids is 1. The number of pyridine rings is 1. The van der Waals surface area contributed by atoms with E-state index in [1.54, 1.807) is 12.4 Å². The van der Waals surface area contributed by atoms with Crippen LogP contribution in [0, 0.1) is 5.92 Å². The highest BCUT2D eigenvalue weighted by Gasteiger charge is 2.20. The summed E-state index contributed by atoms with van der Waals surface area (Å²) in [5.41, 5.74) is 3.03. The molecule has 2 heterocycles. The minimum absolute atomic E-state index is 0.0219. The van der Waals surface area contributed by atoms with Crippen molar-refractivity contribution in [2.45, 2.75) is 57.4 Å². The van der Waals surface area contributed by atoms with E-state index in [-0.39, 0.29) is 5.91 Å². The summed E-state index contributed by atoms with van der Waals surface area (Å²) in [4.78, 5) is 19.4. The molecule has 1 amide bonds. The van der Waals surface area contributed by atoms with E-state index in [4.69, 9.17) is 0 Å². The number of amides is 1. The number of hydrogen-bond acceptors (Lipinski definition) is 4. The van der Waals surface area contributed by atoms with Crippen molar-refractivity contribution >= 4 is 11.6 Å². The van der Waals surface area contributed by atoms with Gasteiger partial charge in [-0.2, -0.15) is 0 Å². The lowest BCUT2D eigenvalue weighted by atomic mass is 9.90. The van der Waals surface area contributed by atoms with Crippen LogP contribution >= 0.6 is 0 Å². The zero-order valence-corrected chi connectivity index (χ0v) is 18.6. The molecule has 1 aliphatic heterocycles. The summed E-state index contributed by atoms with van der Waals surface area (Å²) in [7, 11) is 0. The summed E-state index contributed by atoms with van der Waals surface area (Å²) in [5.74, 6) is 0.803. The number of carbonyl (C=O) groups is 1. The normalized spacial score (nSPS) is 18.2. The highest BCUT2D eigenvalue weighted by Crippen LogP contribution is 2.24. The van der Waals surface area contributed by atoms with E-state index in [2.05, 4.69) is 50.8 Å². The second kappa shape index (κ2) is 11.3. The van der Waals surface area contributed by atoms with Crippen molar-refractivity contribution in [2.75, 3.05) is 31.5 Å². The molecule has 0 atom stereocenters. The van der Waals surface area contributed by atoms with Crippen molar-refractivity contribution in [3.63, 3.8) is 0 Å². The average molecular weight is 421 g/mol. The molecule has 2 fully saturated rings. The summed E-state index contributed by atoms with van der Waals surface area (Å²) >= 11 is 0. The van der Waals surface area contributed by atoms with Gasteiger partial charge in [-0.05, 0) is 69.2 Å². The van der Waals surface area contributed by atoms with Gasteiger partial charge in [0.2, 0.25) is 0 Å². The molecule has 1 aromatic carbocycles. The Morgan fingerprint density at radius 3 is 2.58 bits per heavy atom. The van der Waals surface area contributed by atoms with Crippen molar-refractivity contribution in [3.8, 4) is 0 Å². The van der Waals surface area contributed by atoms with E-state index in [1.165, 1.54) is 56.9 Å². The maximum absolute atomic E-state index is 12.7. The van der Waals surface area contributed by atoms with Crippen LogP contribution in [0.25, 0.3) is 0 Å². The third-order valence-electron chi connectivity index (χ3n) is 6.89. The molecule has 166 valence electrons. The third kappa shape index (κ3) is 6.54. The van der Waals surface area contributed by atoms with Gasteiger partial charge in [0.1, 0.15) is 0 Å². The summed E-state index contributed by atoms with van der Waals surface area (Å²) in [6.45, 7) is 3.88. The summed E-state index contributed by atoms with van der Waals surface area (Å²) in [6, 6.07) is 13.2. The predicted molar refractivity (Wildman–Crippen MR) is 126 cm³/mol. The second-order valence-corrected chi connectivity index (χ2v) is 9.11. The summed E-state index contributed by atoms with van der Waals surface area (Å²) in [5, 5.41) is 6.66. The van der Waals surface area contributed by atoms with Gasteiger partial charge in [0.05, 0.1) is 11.3 Å². The maximum Gasteiger partial charge on any atom is 0.254 e. The number of piperidine rings is 1. The topological polar surface area (TPSA) is 57.3 Å². The first-order chi connectivity index (χ1) is 15.3. The first-order valence-corrected chi connectivity index (χ1v) is 12.0. The predicted octanol–water partition coefficient (Wildman–Crippen LogP) is 4.51. The molecule has 31 heavy (non-hydrogen) atoms. The largest absolute Gasteiger partial charge is 0.382 e. The number of nitrogens with zero attached hydrogens (tertiary/aromatic N) is 2. The molecule has 4 rings (SSSR count). The fourth-order valence-electron chi connectivity index (χ4n) is 4.93. The van der Waals surface area contributed by atoms with Crippen molar-refractivity contribution in [1.29, 1.82) is 0 Å². The van der Waals surface area contributed by atoms with Crippen LogP contribution in [0.2, 0.25) is 0 Å². The molecule has 2 N–H and O–H groups in total. The zero-order chi connectivity index (χ0) is 21.3. The highest BCUT2D eigenvalue weighted by atomic mass is 16.1. The number of aromatic nitrogens is 1. The fourth-order valence-corrected chi connectivity index (χ4v) is 4.93. The number of anilines is 1. The van der Waals surface area contributed by atoms with Gasteiger partial charge < -0.3 is 15.5 Å². The Bertz CT molecular complexity index is 811. The number of nitrogens with one attached hydrogen (secondary N) is 2. The van der Waals surface area contributed by atoms with Gasteiger partial charge in [-0.15, -0.1) is 0 Å². The Balaban J connectivity index is 1.16. The van der Waals surface area contributed by atoms with Crippen LogP contribution in [0.15, 0.2) is 48.8 Å². The SMILES string of the molecule is O=C(NCCN1CCC(CCc2ccccc2)CC1)c1cnccc1NC1CCCC1. The Morgan fingerprint density at radius 1 is 1.03 bits per heavy atom. The number of hydrogen-bond donors (Lipinski definition) is 2. The van der Waals surface area contributed by atoms with Gasteiger partial charge in [-0.25, -0.2) is 0 Å². The molecular weight excluding hydrogens is 384 g/mol. The Labute approximate surface area is 186 Å². The van der Waals surface area contributed by atoms with Crippen molar-refractivity contribution < 1.29 is 4.79 Å². The second-order valence-electron chi connectivity index (χ2n) is 9.11. The first kappa shape index (κ1) is 21.8. The number of aryl methyl sites for hydroxylation is 1. The molecule has 5 heteroatoms. The number of benzene rings is 1. The minimum Gasteiger partial charge on any atom is -0.382 e. The van der Waals surface area contributed by atoms with E-state index in [0.29, 0.717) is 18.2 Å². The molecule has 1 aliphatic carbocycles. The van der Waals surface area contributed by atoms with Gasteiger partial charge in [-0.3, -0.25) is 9.78 Å². The Kier molecular flexibility index (Phi) is 7.94.